The van der Waals surface area contributed by atoms with Crippen LogP contribution in [0.4, 0.5) is 8.78 Å². The zero-order valence-electron chi connectivity index (χ0n) is 21.5. The van der Waals surface area contributed by atoms with Gasteiger partial charge in [0, 0.05) is 13.1 Å². The van der Waals surface area contributed by atoms with Crippen LogP contribution >= 0.6 is 19.2 Å². The first-order chi connectivity index (χ1) is 19.3. The van der Waals surface area contributed by atoms with E-state index >= 15 is 0 Å². The third-order valence-corrected chi connectivity index (χ3v) is 9.41. The van der Waals surface area contributed by atoms with Crippen molar-refractivity contribution in [2.45, 2.75) is 23.6 Å². The Morgan fingerprint density at radius 1 is 0.927 bits per heavy atom. The van der Waals surface area contributed by atoms with Gasteiger partial charge in [0.2, 0.25) is 10.0 Å². The van der Waals surface area contributed by atoms with Crippen molar-refractivity contribution >= 4 is 29.2 Å². The topological polar surface area (TPSA) is 124 Å². The van der Waals surface area contributed by atoms with Gasteiger partial charge in [0.25, 0.3) is 0 Å². The summed E-state index contributed by atoms with van der Waals surface area (Å²) in [7, 11) is -8.83. The molecule has 4 aromatic carbocycles. The largest absolute Gasteiger partial charge is 0.508 e. The van der Waals surface area contributed by atoms with Gasteiger partial charge in [-0.1, -0.05) is 72.3 Å². The van der Waals surface area contributed by atoms with Crippen LogP contribution in [0, 0.1) is 0 Å². The van der Waals surface area contributed by atoms with Crippen LogP contribution in [-0.2, 0) is 33.3 Å². The zero-order chi connectivity index (χ0) is 30.0. The molecule has 0 radical (unpaired) electrons. The predicted molar refractivity (Wildman–Crippen MR) is 150 cm³/mol. The third kappa shape index (κ3) is 6.46. The second-order valence-electron chi connectivity index (χ2n) is 9.03. The minimum absolute atomic E-state index is 0.0256. The monoisotopic (exact) mass is 623 g/mol. The number of phenolic OH excluding ortho intramolecular Hbond substituents is 1. The molecule has 0 heterocycles. The summed E-state index contributed by atoms with van der Waals surface area (Å²) in [6.45, 7) is -0.513. The van der Waals surface area contributed by atoms with Gasteiger partial charge in [-0.05, 0) is 52.6 Å². The van der Waals surface area contributed by atoms with E-state index < -0.39 is 33.9 Å². The van der Waals surface area contributed by atoms with E-state index in [1.165, 1.54) is 37.4 Å². The average molecular weight is 624 g/mol. The van der Waals surface area contributed by atoms with Gasteiger partial charge in [-0.15, -0.1) is 0 Å². The normalized spacial score (nSPS) is 12.5. The average Bonchev–Trinajstić information content (AvgIpc) is 2.92. The van der Waals surface area contributed by atoms with Crippen LogP contribution in [-0.4, -0.2) is 34.7 Å². The number of methoxy groups -OCH3 is 1. The van der Waals surface area contributed by atoms with E-state index in [0.29, 0.717) is 16.7 Å². The summed E-state index contributed by atoms with van der Waals surface area (Å²) in [5.41, 5.74) is -3.56. The maximum Gasteiger partial charge on any atom is 0.399 e. The molecule has 216 valence electrons. The molecule has 0 aliphatic rings. The number of benzene rings is 4. The Morgan fingerprint density at radius 2 is 1.61 bits per heavy atom. The van der Waals surface area contributed by atoms with E-state index in [-0.39, 0.29) is 35.0 Å². The Hall–Kier alpha value is -3.31. The first kappa shape index (κ1) is 30.6. The summed E-state index contributed by atoms with van der Waals surface area (Å²) in [5, 5.41) is 9.36. The van der Waals surface area contributed by atoms with E-state index in [4.69, 9.17) is 26.1 Å². The minimum Gasteiger partial charge on any atom is -0.508 e. The lowest BCUT2D eigenvalue weighted by atomic mass is 9.99. The number of sulfonamides is 1. The molecule has 4 rings (SSSR count). The molecule has 0 fully saturated rings. The lowest BCUT2D eigenvalue weighted by molar-refractivity contribution is 0.0565. The van der Waals surface area contributed by atoms with Crippen molar-refractivity contribution in [1.29, 1.82) is 0 Å². The highest BCUT2D eigenvalue weighted by Gasteiger charge is 2.51. The summed E-state index contributed by atoms with van der Waals surface area (Å²) in [4.78, 5) is 18.1. The fourth-order valence-corrected chi connectivity index (χ4v) is 6.72. The Morgan fingerprint density at radius 3 is 2.27 bits per heavy atom. The van der Waals surface area contributed by atoms with Crippen molar-refractivity contribution in [2.24, 2.45) is 0 Å². The van der Waals surface area contributed by atoms with E-state index in [1.807, 2.05) is 0 Å². The molecule has 3 N–H and O–H groups in total. The summed E-state index contributed by atoms with van der Waals surface area (Å²) in [6, 6.07) is 22.4. The van der Waals surface area contributed by atoms with E-state index in [9.17, 15) is 26.9 Å². The van der Waals surface area contributed by atoms with Crippen LogP contribution in [0.1, 0.15) is 16.7 Å². The van der Waals surface area contributed by atoms with Gasteiger partial charge in [0.1, 0.15) is 16.4 Å². The Kier molecular flexibility index (Phi) is 8.89. The molecule has 41 heavy (non-hydrogen) atoms. The van der Waals surface area contributed by atoms with Crippen LogP contribution in [0.3, 0.4) is 0 Å². The first-order valence-electron chi connectivity index (χ1n) is 12.0. The zero-order valence-corrected chi connectivity index (χ0v) is 24.0. The fourth-order valence-electron chi connectivity index (χ4n) is 4.26. The summed E-state index contributed by atoms with van der Waals surface area (Å²) in [6.07, 6.45) is 0. The molecule has 4 aromatic rings. The Balaban J connectivity index is 1.81. The maximum atomic E-state index is 14.3. The van der Waals surface area contributed by atoms with Crippen LogP contribution in [0.25, 0.3) is 11.1 Å². The smallest absolute Gasteiger partial charge is 0.399 e. The number of nitrogens with zero attached hydrogens (tertiary/aromatic N) is 1. The van der Waals surface area contributed by atoms with Crippen molar-refractivity contribution in [1.82, 2.24) is 4.31 Å². The van der Waals surface area contributed by atoms with E-state index in [2.05, 4.69) is 0 Å². The summed E-state index contributed by atoms with van der Waals surface area (Å²) in [5.74, 6) is 0.117. The van der Waals surface area contributed by atoms with Crippen molar-refractivity contribution in [3.8, 4) is 22.6 Å². The first-order valence-corrected chi connectivity index (χ1v) is 15.4. The molecular weight excluding hydrogens is 599 g/mol. The molecular formula is C28H25ClF2NO7PS. The quantitative estimate of drug-likeness (QED) is 0.176. The molecule has 0 amide bonds. The van der Waals surface area contributed by atoms with Crippen LogP contribution in [0.5, 0.6) is 11.5 Å². The number of phenols is 1. The highest BCUT2D eigenvalue weighted by atomic mass is 35.5. The van der Waals surface area contributed by atoms with Gasteiger partial charge >= 0.3 is 13.3 Å². The number of halogens is 3. The number of para-hydroxylation sites is 1. The van der Waals surface area contributed by atoms with Gasteiger partial charge in [-0.3, -0.25) is 4.57 Å². The van der Waals surface area contributed by atoms with Gasteiger partial charge in [-0.25, -0.2) is 8.42 Å². The van der Waals surface area contributed by atoms with Gasteiger partial charge in [0.15, 0.2) is 0 Å². The molecule has 0 atom stereocenters. The Bertz CT molecular complexity index is 1730. The van der Waals surface area contributed by atoms with Crippen LogP contribution in [0.2, 0.25) is 5.02 Å². The third-order valence-electron chi connectivity index (χ3n) is 6.29. The lowest BCUT2D eigenvalue weighted by Crippen LogP contribution is -2.31. The van der Waals surface area contributed by atoms with Crippen LogP contribution < -0.4 is 4.74 Å². The number of alkyl halides is 2. The molecule has 0 aromatic heterocycles. The number of aromatic hydroxyl groups is 1. The molecule has 0 saturated heterocycles. The fraction of sp³-hybridized carbons (Fsp3) is 0.143. The molecule has 13 heteroatoms. The molecule has 0 aliphatic carbocycles. The second-order valence-corrected chi connectivity index (χ2v) is 13.0. The van der Waals surface area contributed by atoms with Crippen LogP contribution in [0.15, 0.2) is 95.9 Å². The number of hydrogen-bond acceptors (Lipinski definition) is 5. The molecule has 0 bridgehead atoms. The van der Waals surface area contributed by atoms with Gasteiger partial charge in [0.05, 0.1) is 17.7 Å². The van der Waals surface area contributed by atoms with Gasteiger partial charge in [-0.2, -0.15) is 13.1 Å². The predicted octanol–water partition coefficient (Wildman–Crippen LogP) is 6.34. The summed E-state index contributed by atoms with van der Waals surface area (Å²) < 4.78 is 74.5. The van der Waals surface area contributed by atoms with E-state index in [0.717, 1.165) is 22.5 Å². The highest BCUT2D eigenvalue weighted by Crippen LogP contribution is 2.60. The highest BCUT2D eigenvalue weighted by molar-refractivity contribution is 7.89. The lowest BCUT2D eigenvalue weighted by Gasteiger charge is -2.25. The van der Waals surface area contributed by atoms with E-state index in [1.54, 1.807) is 42.5 Å². The molecule has 0 spiro atoms. The van der Waals surface area contributed by atoms with Crippen molar-refractivity contribution in [3.63, 3.8) is 0 Å². The maximum absolute atomic E-state index is 14.3. The van der Waals surface area contributed by atoms with Crippen molar-refractivity contribution in [3.05, 3.63) is 113 Å². The summed E-state index contributed by atoms with van der Waals surface area (Å²) >= 11 is 6.03. The number of rotatable bonds is 10. The molecule has 8 nitrogen and oxygen atoms in total. The number of hydrogen-bond donors (Lipinski definition) is 3. The second kappa shape index (κ2) is 11.9. The van der Waals surface area contributed by atoms with Gasteiger partial charge < -0.3 is 19.6 Å². The molecule has 0 saturated carbocycles. The number of ether oxygens (including phenoxy) is 1. The van der Waals surface area contributed by atoms with Crippen molar-refractivity contribution in [2.75, 3.05) is 7.11 Å². The Labute approximate surface area is 240 Å². The molecule has 0 aliphatic heterocycles. The standard InChI is InChI=1S/C28H25ClF2NO7PS/c1-39-26-11-4-5-12-27(26)41(37,38)32(17-19-13-14-24(25(29)15-19)28(30,31)40(34,35)36)18-21-7-2-3-10-23(21)20-8-6-9-22(33)16-20/h2-16,33H,17-18H2,1H3,(H2,34,35,36). The molecule has 0 unspecified atom stereocenters. The SMILES string of the molecule is COc1ccccc1S(=O)(=O)N(Cc1ccc(C(F)(F)P(=O)(O)O)c(Cl)c1)Cc1ccccc1-c1cccc(O)c1. The van der Waals surface area contributed by atoms with Crippen molar-refractivity contribution < 1.29 is 41.4 Å². The minimum atomic E-state index is -5.88.